The van der Waals surface area contributed by atoms with Crippen LogP contribution in [0, 0.1) is 0 Å². The van der Waals surface area contributed by atoms with Gasteiger partial charge in [-0.15, -0.1) is 0 Å². The highest BCUT2D eigenvalue weighted by Crippen LogP contribution is 2.44. The van der Waals surface area contributed by atoms with Crippen molar-refractivity contribution in [2.75, 3.05) is 21.2 Å². The Bertz CT molecular complexity index is 1530. The van der Waals surface area contributed by atoms with Crippen molar-refractivity contribution in [3.05, 3.63) is 84.8 Å². The fraction of sp³-hybridized carbons (Fsp3) is 0.148. The van der Waals surface area contributed by atoms with Crippen LogP contribution in [-0.2, 0) is 13.2 Å². The second-order valence-electron chi connectivity index (χ2n) is 8.61. The lowest BCUT2D eigenvalue weighted by molar-refractivity contribution is -0.137. The van der Waals surface area contributed by atoms with E-state index < -0.39 is 23.8 Å². The summed E-state index contributed by atoms with van der Waals surface area (Å²) in [5, 5.41) is 10.5. The molecule has 8 nitrogen and oxygen atoms in total. The molecule has 0 bridgehead atoms. The number of halogens is 3. The zero-order valence-corrected chi connectivity index (χ0v) is 20.3. The van der Waals surface area contributed by atoms with Gasteiger partial charge in [-0.1, -0.05) is 18.2 Å². The molecule has 4 aromatic rings. The second-order valence-corrected chi connectivity index (χ2v) is 8.61. The molecule has 0 fully saturated rings. The van der Waals surface area contributed by atoms with E-state index >= 15 is 0 Å². The molecule has 4 amide bonds. The Kier molecular flexibility index (Phi) is 6.06. The van der Waals surface area contributed by atoms with Crippen LogP contribution in [0.25, 0.3) is 11.3 Å². The van der Waals surface area contributed by atoms with Gasteiger partial charge in [0.25, 0.3) is 0 Å². The van der Waals surface area contributed by atoms with Gasteiger partial charge in [-0.05, 0) is 55.5 Å². The second kappa shape index (κ2) is 9.25. The number of amides is 4. The van der Waals surface area contributed by atoms with Crippen LogP contribution in [0.15, 0.2) is 79.3 Å². The summed E-state index contributed by atoms with van der Waals surface area (Å²) in [6, 6.07) is 13.7. The third-order valence-corrected chi connectivity index (χ3v) is 6.30. The first-order valence-electron chi connectivity index (χ1n) is 11.6. The molecule has 0 aliphatic carbocycles. The fourth-order valence-electron chi connectivity index (χ4n) is 4.45. The zero-order chi connectivity index (χ0) is 27.2. The molecule has 1 aliphatic heterocycles. The number of fused-ring (bicyclic) bond motifs is 1. The van der Waals surface area contributed by atoms with E-state index in [0.29, 0.717) is 11.3 Å². The molecule has 2 heterocycles. The topological polar surface area (TPSA) is 81.9 Å². The molecule has 0 saturated heterocycles. The minimum Gasteiger partial charge on any atom is -0.507 e. The number of hydrogen-bond acceptors (Lipinski definition) is 4. The van der Waals surface area contributed by atoms with E-state index in [1.165, 1.54) is 41.7 Å². The maximum absolute atomic E-state index is 14.1. The van der Waals surface area contributed by atoms with Gasteiger partial charge >= 0.3 is 18.2 Å². The van der Waals surface area contributed by atoms with Gasteiger partial charge in [0, 0.05) is 19.2 Å². The van der Waals surface area contributed by atoms with Crippen molar-refractivity contribution in [2.45, 2.75) is 13.1 Å². The van der Waals surface area contributed by atoms with E-state index in [1.807, 2.05) is 0 Å². The maximum Gasteiger partial charge on any atom is 0.416 e. The summed E-state index contributed by atoms with van der Waals surface area (Å²) in [6.45, 7) is 1.74. The number of nitrogens with zero attached hydrogens (tertiary/aromatic N) is 5. The van der Waals surface area contributed by atoms with Crippen molar-refractivity contribution in [2.24, 2.45) is 7.05 Å². The Balaban J connectivity index is 1.74. The van der Waals surface area contributed by atoms with Crippen LogP contribution in [0.3, 0.4) is 0 Å². The number of alkyl halides is 3. The quantitative estimate of drug-likeness (QED) is 0.331. The van der Waals surface area contributed by atoms with E-state index in [0.717, 1.165) is 21.9 Å². The predicted molar refractivity (Wildman–Crippen MR) is 137 cm³/mol. The van der Waals surface area contributed by atoms with Gasteiger partial charge in [0.1, 0.15) is 5.75 Å². The third kappa shape index (κ3) is 4.11. The number of para-hydroxylation sites is 1. The van der Waals surface area contributed by atoms with Gasteiger partial charge in [-0.3, -0.25) is 9.80 Å². The van der Waals surface area contributed by atoms with Crippen molar-refractivity contribution in [3.8, 4) is 17.0 Å². The number of urea groups is 2. The molecule has 0 radical (unpaired) electrons. The number of imidazole rings is 1. The number of anilines is 4. The van der Waals surface area contributed by atoms with Crippen molar-refractivity contribution in [1.29, 1.82) is 0 Å². The number of benzene rings is 3. The molecule has 11 heteroatoms. The van der Waals surface area contributed by atoms with Crippen molar-refractivity contribution >= 4 is 34.8 Å². The van der Waals surface area contributed by atoms with E-state index in [2.05, 4.69) is 4.98 Å². The highest BCUT2D eigenvalue weighted by molar-refractivity contribution is 6.28. The summed E-state index contributed by atoms with van der Waals surface area (Å²) in [4.78, 5) is 35.3. The summed E-state index contributed by atoms with van der Waals surface area (Å²) in [6.07, 6.45) is -1.61. The first-order chi connectivity index (χ1) is 18.1. The number of carbonyl (C=O) groups excluding carboxylic acids is 2. The maximum atomic E-state index is 14.1. The average molecular weight is 521 g/mol. The minimum absolute atomic E-state index is 0.0796. The Labute approximate surface area is 215 Å². The van der Waals surface area contributed by atoms with Gasteiger partial charge in [0.05, 0.1) is 46.5 Å². The normalized spacial score (nSPS) is 14.1. The molecule has 0 atom stereocenters. The summed E-state index contributed by atoms with van der Waals surface area (Å²) in [5.74, 6) is -0.0996. The molecule has 3 aromatic carbocycles. The highest BCUT2D eigenvalue weighted by atomic mass is 19.4. The lowest BCUT2D eigenvalue weighted by Crippen LogP contribution is -2.48. The van der Waals surface area contributed by atoms with E-state index in [4.69, 9.17) is 0 Å². The largest absolute Gasteiger partial charge is 0.507 e. The predicted octanol–water partition coefficient (Wildman–Crippen LogP) is 6.54. The molecule has 38 heavy (non-hydrogen) atoms. The number of aromatic hydroxyl groups is 1. The SMILES string of the molecule is CCN1C(=O)N(c2ccc(O)c(-c3cncn3C)c2)C(=O)N(c2ccccc2)c2cc(C(F)(F)F)ccc21. The molecule has 1 aromatic heterocycles. The van der Waals surface area contributed by atoms with Crippen LogP contribution in [0.4, 0.5) is 45.5 Å². The van der Waals surface area contributed by atoms with Crippen molar-refractivity contribution in [3.63, 3.8) is 0 Å². The summed E-state index contributed by atoms with van der Waals surface area (Å²) < 4.78 is 42.8. The molecule has 0 saturated carbocycles. The number of aromatic nitrogens is 2. The van der Waals surface area contributed by atoms with Gasteiger partial charge in [0.15, 0.2) is 0 Å². The molecule has 5 rings (SSSR count). The lowest BCUT2D eigenvalue weighted by Gasteiger charge is -2.27. The van der Waals surface area contributed by atoms with Gasteiger partial charge in [0.2, 0.25) is 0 Å². The van der Waals surface area contributed by atoms with Crippen LogP contribution >= 0.6 is 0 Å². The molecule has 1 aliphatic rings. The smallest absolute Gasteiger partial charge is 0.416 e. The number of phenols is 1. The Morgan fingerprint density at radius 2 is 1.61 bits per heavy atom. The van der Waals surface area contributed by atoms with Crippen LogP contribution in [-0.4, -0.2) is 33.3 Å². The number of rotatable bonds is 4. The molecule has 1 N–H and O–H groups in total. The van der Waals surface area contributed by atoms with Gasteiger partial charge in [-0.25, -0.2) is 19.5 Å². The van der Waals surface area contributed by atoms with Gasteiger partial charge in [-0.2, -0.15) is 13.2 Å². The van der Waals surface area contributed by atoms with Crippen LogP contribution in [0.2, 0.25) is 0 Å². The first kappa shape index (κ1) is 24.9. The standard InChI is InChI=1S/C27H22F3N5O3/c1-3-33-21-11-9-17(27(28,29)30)13-22(21)34(18-7-5-4-6-8-18)26(38)35(25(33)37)19-10-12-24(36)20(14-19)23-15-31-16-32(23)2/h4-16,36H,3H2,1-2H3. The Morgan fingerprint density at radius 1 is 0.868 bits per heavy atom. The molecular formula is C27H22F3N5O3. The van der Waals surface area contributed by atoms with Crippen molar-refractivity contribution < 1.29 is 27.9 Å². The number of imide groups is 1. The monoisotopic (exact) mass is 521 g/mol. The number of carbonyl (C=O) groups is 2. The minimum atomic E-state index is -4.66. The lowest BCUT2D eigenvalue weighted by atomic mass is 10.1. The molecule has 194 valence electrons. The Morgan fingerprint density at radius 3 is 2.24 bits per heavy atom. The first-order valence-corrected chi connectivity index (χ1v) is 11.6. The van der Waals surface area contributed by atoms with Crippen LogP contribution < -0.4 is 14.7 Å². The fourth-order valence-corrected chi connectivity index (χ4v) is 4.45. The molecule has 0 unspecified atom stereocenters. The van der Waals surface area contributed by atoms with Crippen LogP contribution in [0.5, 0.6) is 5.75 Å². The molecular weight excluding hydrogens is 499 g/mol. The van der Waals surface area contributed by atoms with Gasteiger partial charge < -0.3 is 9.67 Å². The zero-order valence-electron chi connectivity index (χ0n) is 20.3. The van der Waals surface area contributed by atoms with Crippen molar-refractivity contribution in [1.82, 2.24) is 9.55 Å². The number of phenolic OH excluding ortho intramolecular Hbond substituents is 1. The number of hydrogen-bond donors (Lipinski definition) is 1. The summed E-state index contributed by atoms with van der Waals surface area (Å²) in [5.41, 5.74) is 0.361. The third-order valence-electron chi connectivity index (χ3n) is 6.30. The highest BCUT2D eigenvalue weighted by Gasteiger charge is 2.41. The summed E-state index contributed by atoms with van der Waals surface area (Å²) in [7, 11) is 1.72. The number of aryl methyl sites for hydroxylation is 1. The van der Waals surface area contributed by atoms with E-state index in [1.54, 1.807) is 48.9 Å². The van der Waals surface area contributed by atoms with Crippen LogP contribution in [0.1, 0.15) is 12.5 Å². The molecule has 0 spiro atoms. The summed E-state index contributed by atoms with van der Waals surface area (Å²) >= 11 is 0. The van der Waals surface area contributed by atoms with E-state index in [9.17, 15) is 27.9 Å². The average Bonchev–Trinajstić information content (AvgIpc) is 3.28. The van der Waals surface area contributed by atoms with E-state index in [-0.39, 0.29) is 35.0 Å². The Hall–Kier alpha value is -4.80.